The van der Waals surface area contributed by atoms with Crippen molar-refractivity contribution in [3.05, 3.63) is 58.9 Å². The van der Waals surface area contributed by atoms with Crippen molar-refractivity contribution in [2.75, 3.05) is 5.32 Å². The first-order chi connectivity index (χ1) is 8.97. The van der Waals surface area contributed by atoms with Gasteiger partial charge in [0.1, 0.15) is 11.6 Å². The summed E-state index contributed by atoms with van der Waals surface area (Å²) in [5, 5.41) is 12.3. The standard InChI is InChI=1S/C15H14FNO2/c1-9-7-14(18)10(2)6-13(9)17-15(19)11-4-3-5-12(16)8-11/h3-8,18H,1-2H3,(H,17,19). The second-order valence-corrected chi connectivity index (χ2v) is 4.42. The summed E-state index contributed by atoms with van der Waals surface area (Å²) < 4.78 is 13.0. The highest BCUT2D eigenvalue weighted by Crippen LogP contribution is 2.25. The fourth-order valence-corrected chi connectivity index (χ4v) is 1.76. The Hall–Kier alpha value is -2.36. The van der Waals surface area contributed by atoms with Crippen LogP contribution in [0.5, 0.6) is 5.75 Å². The molecule has 2 rings (SSSR count). The third kappa shape index (κ3) is 2.91. The molecule has 0 saturated carbocycles. The highest BCUT2D eigenvalue weighted by Gasteiger charge is 2.10. The summed E-state index contributed by atoms with van der Waals surface area (Å²) in [5.41, 5.74) is 2.27. The number of rotatable bonds is 2. The van der Waals surface area contributed by atoms with Gasteiger partial charge in [0.15, 0.2) is 0 Å². The summed E-state index contributed by atoms with van der Waals surface area (Å²) in [6.45, 7) is 3.52. The van der Waals surface area contributed by atoms with Crippen molar-refractivity contribution in [2.45, 2.75) is 13.8 Å². The molecule has 2 N–H and O–H groups in total. The van der Waals surface area contributed by atoms with Crippen LogP contribution < -0.4 is 5.32 Å². The Bertz CT molecular complexity index is 638. The summed E-state index contributed by atoms with van der Waals surface area (Å²) in [4.78, 5) is 12.0. The average Bonchev–Trinajstić information content (AvgIpc) is 2.36. The largest absolute Gasteiger partial charge is 0.508 e. The minimum Gasteiger partial charge on any atom is -0.508 e. The van der Waals surface area contributed by atoms with E-state index in [1.54, 1.807) is 32.0 Å². The molecule has 0 fully saturated rings. The minimum atomic E-state index is -0.453. The monoisotopic (exact) mass is 259 g/mol. The van der Waals surface area contributed by atoms with E-state index in [2.05, 4.69) is 5.32 Å². The number of benzene rings is 2. The number of phenols is 1. The molecule has 0 unspecified atom stereocenters. The molecular weight excluding hydrogens is 245 g/mol. The molecule has 4 heteroatoms. The van der Waals surface area contributed by atoms with Crippen LogP contribution in [-0.2, 0) is 0 Å². The molecule has 0 aromatic heterocycles. The summed E-state index contributed by atoms with van der Waals surface area (Å²) in [7, 11) is 0. The number of aromatic hydroxyl groups is 1. The molecule has 0 aliphatic rings. The molecule has 0 saturated heterocycles. The summed E-state index contributed by atoms with van der Waals surface area (Å²) in [5.74, 6) is -0.653. The van der Waals surface area contributed by atoms with E-state index in [4.69, 9.17) is 0 Å². The van der Waals surface area contributed by atoms with E-state index in [0.717, 1.165) is 5.56 Å². The Balaban J connectivity index is 2.27. The van der Waals surface area contributed by atoms with Crippen molar-refractivity contribution in [1.82, 2.24) is 0 Å². The Morgan fingerprint density at radius 2 is 1.89 bits per heavy atom. The van der Waals surface area contributed by atoms with E-state index in [1.807, 2.05) is 0 Å². The van der Waals surface area contributed by atoms with Crippen LogP contribution in [0.4, 0.5) is 10.1 Å². The number of hydrogen-bond acceptors (Lipinski definition) is 2. The van der Waals surface area contributed by atoms with Crippen molar-refractivity contribution in [3.63, 3.8) is 0 Å². The number of carbonyl (C=O) groups is 1. The quantitative estimate of drug-likeness (QED) is 0.812. The topological polar surface area (TPSA) is 49.3 Å². The van der Waals surface area contributed by atoms with E-state index in [-0.39, 0.29) is 17.2 Å². The minimum absolute atomic E-state index is 0.182. The molecule has 3 nitrogen and oxygen atoms in total. The van der Waals surface area contributed by atoms with Gasteiger partial charge in [-0.2, -0.15) is 0 Å². The van der Waals surface area contributed by atoms with E-state index >= 15 is 0 Å². The van der Waals surface area contributed by atoms with Gasteiger partial charge in [-0.3, -0.25) is 4.79 Å². The van der Waals surface area contributed by atoms with Gasteiger partial charge in [0, 0.05) is 11.3 Å². The Morgan fingerprint density at radius 3 is 2.58 bits per heavy atom. The van der Waals surface area contributed by atoms with Crippen molar-refractivity contribution in [3.8, 4) is 5.75 Å². The second kappa shape index (κ2) is 5.10. The van der Waals surface area contributed by atoms with Crippen molar-refractivity contribution >= 4 is 11.6 Å². The number of halogens is 1. The van der Waals surface area contributed by atoms with Gasteiger partial charge in [0.2, 0.25) is 0 Å². The number of nitrogens with one attached hydrogen (secondary N) is 1. The number of hydrogen-bond donors (Lipinski definition) is 2. The zero-order valence-corrected chi connectivity index (χ0v) is 10.7. The molecule has 2 aromatic rings. The van der Waals surface area contributed by atoms with Crippen LogP contribution in [-0.4, -0.2) is 11.0 Å². The molecule has 2 aromatic carbocycles. The number of amides is 1. The SMILES string of the molecule is Cc1cc(NC(=O)c2cccc(F)c2)c(C)cc1O. The Kier molecular flexibility index (Phi) is 3.51. The van der Waals surface area contributed by atoms with Crippen LogP contribution >= 0.6 is 0 Å². The summed E-state index contributed by atoms with van der Waals surface area (Å²) in [6, 6.07) is 8.75. The van der Waals surface area contributed by atoms with Crippen LogP contribution in [0.15, 0.2) is 36.4 Å². The van der Waals surface area contributed by atoms with Gasteiger partial charge in [-0.1, -0.05) is 6.07 Å². The Morgan fingerprint density at radius 1 is 1.16 bits per heavy atom. The maximum Gasteiger partial charge on any atom is 0.255 e. The first-order valence-electron chi connectivity index (χ1n) is 5.84. The third-order valence-corrected chi connectivity index (χ3v) is 2.88. The number of carbonyl (C=O) groups excluding carboxylic acids is 1. The van der Waals surface area contributed by atoms with Gasteiger partial charge in [0.05, 0.1) is 0 Å². The zero-order chi connectivity index (χ0) is 14.0. The van der Waals surface area contributed by atoms with Gasteiger partial charge in [-0.05, 0) is 55.3 Å². The fraction of sp³-hybridized carbons (Fsp3) is 0.133. The Labute approximate surface area is 110 Å². The lowest BCUT2D eigenvalue weighted by molar-refractivity contribution is 0.102. The lowest BCUT2D eigenvalue weighted by Crippen LogP contribution is -2.13. The summed E-state index contributed by atoms with van der Waals surface area (Å²) in [6.07, 6.45) is 0. The van der Waals surface area contributed by atoms with E-state index in [0.29, 0.717) is 11.3 Å². The zero-order valence-electron chi connectivity index (χ0n) is 10.7. The van der Waals surface area contributed by atoms with Crippen LogP contribution in [0.1, 0.15) is 21.5 Å². The third-order valence-electron chi connectivity index (χ3n) is 2.88. The van der Waals surface area contributed by atoms with Gasteiger partial charge in [0.25, 0.3) is 5.91 Å². The predicted octanol–water partition coefficient (Wildman–Crippen LogP) is 3.40. The van der Waals surface area contributed by atoms with E-state index < -0.39 is 5.82 Å². The van der Waals surface area contributed by atoms with Gasteiger partial charge in [-0.15, -0.1) is 0 Å². The molecule has 1 amide bonds. The molecule has 0 aliphatic heterocycles. The highest BCUT2D eigenvalue weighted by atomic mass is 19.1. The summed E-state index contributed by atoms with van der Waals surface area (Å²) >= 11 is 0. The first kappa shape index (κ1) is 13.1. The van der Waals surface area contributed by atoms with Crippen molar-refractivity contribution in [1.29, 1.82) is 0 Å². The fourth-order valence-electron chi connectivity index (χ4n) is 1.76. The molecule has 0 spiro atoms. The molecule has 19 heavy (non-hydrogen) atoms. The molecular formula is C15H14FNO2. The molecule has 0 aliphatic carbocycles. The molecule has 0 bridgehead atoms. The van der Waals surface area contributed by atoms with E-state index in [9.17, 15) is 14.3 Å². The molecule has 0 radical (unpaired) electrons. The van der Waals surface area contributed by atoms with Gasteiger partial charge in [-0.25, -0.2) is 4.39 Å². The lowest BCUT2D eigenvalue weighted by atomic mass is 10.1. The number of anilines is 1. The van der Waals surface area contributed by atoms with Gasteiger partial charge < -0.3 is 10.4 Å². The smallest absolute Gasteiger partial charge is 0.255 e. The molecule has 98 valence electrons. The van der Waals surface area contributed by atoms with Crippen molar-refractivity contribution in [2.24, 2.45) is 0 Å². The predicted molar refractivity (Wildman–Crippen MR) is 71.9 cm³/mol. The van der Waals surface area contributed by atoms with Crippen LogP contribution in [0.3, 0.4) is 0 Å². The normalized spacial score (nSPS) is 10.3. The number of phenolic OH excluding ortho intramolecular Hbond substituents is 1. The first-order valence-corrected chi connectivity index (χ1v) is 5.84. The highest BCUT2D eigenvalue weighted by molar-refractivity contribution is 6.04. The van der Waals surface area contributed by atoms with Gasteiger partial charge >= 0.3 is 0 Å². The van der Waals surface area contributed by atoms with E-state index in [1.165, 1.54) is 18.2 Å². The van der Waals surface area contributed by atoms with Crippen LogP contribution in [0, 0.1) is 19.7 Å². The maximum absolute atomic E-state index is 13.0. The maximum atomic E-state index is 13.0. The molecule has 0 atom stereocenters. The van der Waals surface area contributed by atoms with Crippen molar-refractivity contribution < 1.29 is 14.3 Å². The van der Waals surface area contributed by atoms with Crippen LogP contribution in [0.2, 0.25) is 0 Å². The lowest BCUT2D eigenvalue weighted by Gasteiger charge is -2.10. The van der Waals surface area contributed by atoms with Crippen LogP contribution in [0.25, 0.3) is 0 Å². The number of aryl methyl sites for hydroxylation is 2. The molecule has 0 heterocycles. The second-order valence-electron chi connectivity index (χ2n) is 4.42. The average molecular weight is 259 g/mol.